The van der Waals surface area contributed by atoms with E-state index in [1.807, 2.05) is 0 Å². The number of hydrogen-bond acceptors (Lipinski definition) is 4. The molecule has 0 radical (unpaired) electrons. The zero-order valence-corrected chi connectivity index (χ0v) is 9.32. The van der Waals surface area contributed by atoms with Gasteiger partial charge in [0.2, 0.25) is 0 Å². The first-order valence-electron chi connectivity index (χ1n) is 5.00. The predicted molar refractivity (Wildman–Crippen MR) is 53.1 cm³/mol. The fourth-order valence-corrected chi connectivity index (χ4v) is 1.20. The topological polar surface area (TPSA) is 66.8 Å². The molecular weight excluding hydrogens is 198 g/mol. The Morgan fingerprint density at radius 3 is 2.40 bits per heavy atom. The lowest BCUT2D eigenvalue weighted by Crippen LogP contribution is -2.35. The van der Waals surface area contributed by atoms with Crippen molar-refractivity contribution in [1.82, 2.24) is 4.90 Å². The first-order valence-corrected chi connectivity index (χ1v) is 5.00. The van der Waals surface area contributed by atoms with Gasteiger partial charge in [0.05, 0.1) is 11.5 Å². The number of aliphatic hydroxyl groups excluding tert-OH is 1. The lowest BCUT2D eigenvalue weighted by Gasteiger charge is -2.19. The molecule has 0 aromatic rings. The van der Waals surface area contributed by atoms with Gasteiger partial charge < -0.3 is 14.7 Å². The summed E-state index contributed by atoms with van der Waals surface area (Å²) in [4.78, 5) is 24.1. The molecule has 1 amide bonds. The van der Waals surface area contributed by atoms with Gasteiger partial charge in [0.15, 0.2) is 0 Å². The van der Waals surface area contributed by atoms with Gasteiger partial charge in [-0.1, -0.05) is 0 Å². The lowest BCUT2D eigenvalue weighted by atomic mass is 9.97. The number of rotatable bonds is 0. The number of nitrogens with zero attached hydrogens (tertiary/aromatic N) is 1. The molecule has 0 bridgehead atoms. The highest BCUT2D eigenvalue weighted by atomic mass is 16.6. The maximum Gasteiger partial charge on any atom is 0.417 e. The SMILES string of the molecule is CC(C)(C)C(=O)OC(=O)N1CCC(O)C1. The Balaban J connectivity index is 2.46. The highest BCUT2D eigenvalue weighted by Gasteiger charge is 2.31. The van der Waals surface area contributed by atoms with Gasteiger partial charge in [-0.2, -0.15) is 0 Å². The molecular formula is C10H17NO4. The summed E-state index contributed by atoms with van der Waals surface area (Å²) >= 11 is 0. The van der Waals surface area contributed by atoms with E-state index in [4.69, 9.17) is 0 Å². The normalized spacial score (nSPS) is 21.6. The molecule has 0 saturated carbocycles. The third-order valence-electron chi connectivity index (χ3n) is 2.21. The van der Waals surface area contributed by atoms with Crippen molar-refractivity contribution < 1.29 is 19.4 Å². The van der Waals surface area contributed by atoms with Crippen molar-refractivity contribution in [3.8, 4) is 0 Å². The van der Waals surface area contributed by atoms with Gasteiger partial charge in [-0.05, 0) is 27.2 Å². The van der Waals surface area contributed by atoms with Crippen LogP contribution in [-0.4, -0.2) is 41.3 Å². The predicted octanol–water partition coefficient (Wildman–Crippen LogP) is 0.762. The number of carbonyl (C=O) groups excluding carboxylic acids is 2. The van der Waals surface area contributed by atoms with Crippen LogP contribution in [0.2, 0.25) is 0 Å². The van der Waals surface area contributed by atoms with Crippen molar-refractivity contribution in [2.75, 3.05) is 13.1 Å². The molecule has 0 aromatic carbocycles. The van der Waals surface area contributed by atoms with Crippen LogP contribution < -0.4 is 0 Å². The second kappa shape index (κ2) is 4.18. The van der Waals surface area contributed by atoms with Gasteiger partial charge in [0.1, 0.15) is 0 Å². The molecule has 1 heterocycles. The summed E-state index contributed by atoms with van der Waals surface area (Å²) in [6.45, 7) is 5.73. The number of aliphatic hydroxyl groups is 1. The summed E-state index contributed by atoms with van der Waals surface area (Å²) in [5, 5.41) is 9.21. The van der Waals surface area contributed by atoms with Crippen LogP contribution in [0.15, 0.2) is 0 Å². The van der Waals surface area contributed by atoms with Gasteiger partial charge in [-0.25, -0.2) is 4.79 Å². The van der Waals surface area contributed by atoms with Gasteiger partial charge in [-0.15, -0.1) is 0 Å². The molecule has 1 rings (SSSR count). The van der Waals surface area contributed by atoms with Crippen LogP contribution in [0.25, 0.3) is 0 Å². The van der Waals surface area contributed by atoms with Crippen molar-refractivity contribution in [3.63, 3.8) is 0 Å². The van der Waals surface area contributed by atoms with Gasteiger partial charge >= 0.3 is 12.1 Å². The number of esters is 1. The van der Waals surface area contributed by atoms with E-state index >= 15 is 0 Å². The molecule has 5 nitrogen and oxygen atoms in total. The van der Waals surface area contributed by atoms with E-state index in [9.17, 15) is 14.7 Å². The third-order valence-corrected chi connectivity index (χ3v) is 2.21. The first kappa shape index (κ1) is 12.0. The highest BCUT2D eigenvalue weighted by Crippen LogP contribution is 2.17. The van der Waals surface area contributed by atoms with E-state index in [0.29, 0.717) is 13.0 Å². The van der Waals surface area contributed by atoms with Gasteiger partial charge in [0, 0.05) is 13.1 Å². The Labute approximate surface area is 89.0 Å². The zero-order valence-electron chi connectivity index (χ0n) is 9.32. The molecule has 1 atom stereocenters. The molecule has 1 unspecified atom stereocenters. The van der Waals surface area contributed by atoms with E-state index < -0.39 is 23.6 Å². The fraction of sp³-hybridized carbons (Fsp3) is 0.800. The summed E-state index contributed by atoms with van der Waals surface area (Å²) in [6.07, 6.45) is -0.618. The minimum absolute atomic E-state index is 0.246. The highest BCUT2D eigenvalue weighted by molar-refractivity contribution is 5.87. The second-order valence-electron chi connectivity index (χ2n) is 4.79. The van der Waals surface area contributed by atoms with E-state index in [1.54, 1.807) is 20.8 Å². The summed E-state index contributed by atoms with van der Waals surface area (Å²) in [5.74, 6) is -0.547. The van der Waals surface area contributed by atoms with Crippen LogP contribution in [0.4, 0.5) is 4.79 Å². The molecule has 15 heavy (non-hydrogen) atoms. The Morgan fingerprint density at radius 2 is 2.00 bits per heavy atom. The molecule has 86 valence electrons. The molecule has 1 N–H and O–H groups in total. The molecule has 0 aliphatic carbocycles. The van der Waals surface area contributed by atoms with E-state index in [0.717, 1.165) is 0 Å². The van der Waals surface area contributed by atoms with Crippen LogP contribution in [0.1, 0.15) is 27.2 Å². The Bertz CT molecular complexity index is 269. The largest absolute Gasteiger partial charge is 0.417 e. The number of likely N-dealkylation sites (tertiary alicyclic amines) is 1. The summed E-state index contributed by atoms with van der Waals surface area (Å²) < 4.78 is 4.68. The molecule has 1 saturated heterocycles. The molecule has 1 aliphatic heterocycles. The average Bonchev–Trinajstić information content (AvgIpc) is 2.50. The maximum atomic E-state index is 11.4. The van der Waals surface area contributed by atoms with E-state index in [-0.39, 0.29) is 6.54 Å². The van der Waals surface area contributed by atoms with Crippen molar-refractivity contribution in [1.29, 1.82) is 0 Å². The van der Waals surface area contributed by atoms with Crippen molar-refractivity contribution in [2.45, 2.75) is 33.3 Å². The van der Waals surface area contributed by atoms with Crippen molar-refractivity contribution >= 4 is 12.1 Å². The standard InChI is InChI=1S/C10H17NO4/c1-10(2,3)8(13)15-9(14)11-5-4-7(12)6-11/h7,12H,4-6H2,1-3H3. The molecule has 5 heteroatoms. The van der Waals surface area contributed by atoms with Crippen LogP contribution in [0.3, 0.4) is 0 Å². The maximum absolute atomic E-state index is 11.4. The molecule has 0 aromatic heterocycles. The number of ether oxygens (including phenoxy) is 1. The van der Waals surface area contributed by atoms with Crippen LogP contribution in [0.5, 0.6) is 0 Å². The fourth-order valence-electron chi connectivity index (χ4n) is 1.20. The van der Waals surface area contributed by atoms with E-state index in [1.165, 1.54) is 4.90 Å². The minimum Gasteiger partial charge on any atom is -0.391 e. The van der Waals surface area contributed by atoms with Crippen LogP contribution >= 0.6 is 0 Å². The number of carbonyl (C=O) groups is 2. The van der Waals surface area contributed by atoms with Crippen LogP contribution in [0, 0.1) is 5.41 Å². The van der Waals surface area contributed by atoms with E-state index in [2.05, 4.69) is 4.74 Å². The molecule has 0 spiro atoms. The lowest BCUT2D eigenvalue weighted by molar-refractivity contribution is -0.147. The monoisotopic (exact) mass is 215 g/mol. The third kappa shape index (κ3) is 3.20. The van der Waals surface area contributed by atoms with Crippen molar-refractivity contribution in [2.24, 2.45) is 5.41 Å². The summed E-state index contributed by atoms with van der Waals surface area (Å²) in [6, 6.07) is 0. The summed E-state index contributed by atoms with van der Waals surface area (Å²) in [5.41, 5.74) is -0.687. The van der Waals surface area contributed by atoms with Crippen molar-refractivity contribution in [3.05, 3.63) is 0 Å². The number of amides is 1. The smallest absolute Gasteiger partial charge is 0.391 e. The van der Waals surface area contributed by atoms with Gasteiger partial charge in [0.25, 0.3) is 0 Å². The number of hydrogen-bond donors (Lipinski definition) is 1. The zero-order chi connectivity index (χ0) is 11.6. The average molecular weight is 215 g/mol. The second-order valence-corrected chi connectivity index (χ2v) is 4.79. The summed E-state index contributed by atoms with van der Waals surface area (Å²) in [7, 11) is 0. The van der Waals surface area contributed by atoms with Crippen LogP contribution in [-0.2, 0) is 9.53 Å². The number of β-amino-alcohol motifs (C(OH)–C–C–N with tert-alkyl or cyclic N) is 1. The first-order chi connectivity index (χ1) is 6.80. The van der Waals surface area contributed by atoms with Gasteiger partial charge in [-0.3, -0.25) is 4.79 Å². The molecule has 1 aliphatic rings. The quantitative estimate of drug-likeness (QED) is 0.478. The Kier molecular flexibility index (Phi) is 3.34. The molecule has 1 fully saturated rings. The Morgan fingerprint density at radius 1 is 1.40 bits per heavy atom. The Hall–Kier alpha value is -1.10. The minimum atomic E-state index is -0.687.